The molecule has 1 unspecified atom stereocenters. The van der Waals surface area contributed by atoms with Crippen LogP contribution in [0.1, 0.15) is 46.0 Å². The van der Waals surface area contributed by atoms with Gasteiger partial charge in [0.1, 0.15) is 0 Å². The molecule has 1 aliphatic rings. The molecule has 0 bridgehead atoms. The molecule has 1 atom stereocenters. The van der Waals surface area contributed by atoms with Gasteiger partial charge in [-0.25, -0.2) is 0 Å². The van der Waals surface area contributed by atoms with Gasteiger partial charge in [0, 0.05) is 18.5 Å². The van der Waals surface area contributed by atoms with E-state index in [9.17, 15) is 0 Å². The molecule has 92 valence electrons. The van der Waals surface area contributed by atoms with Crippen molar-refractivity contribution in [2.45, 2.75) is 58.0 Å². The summed E-state index contributed by atoms with van der Waals surface area (Å²) >= 11 is 0. The van der Waals surface area contributed by atoms with Gasteiger partial charge in [0.15, 0.2) is 0 Å². The summed E-state index contributed by atoms with van der Waals surface area (Å²) in [6.45, 7) is 8.22. The lowest BCUT2D eigenvalue weighted by Gasteiger charge is -2.34. The highest BCUT2D eigenvalue weighted by molar-refractivity contribution is 4.91. The normalized spacial score (nSPS) is 20.6. The molecule has 2 nitrogen and oxygen atoms in total. The minimum Gasteiger partial charge on any atom is -0.310 e. The van der Waals surface area contributed by atoms with Crippen LogP contribution >= 0.6 is 0 Å². The Hall–Kier alpha value is -0.520. The molecule has 0 aliphatic carbocycles. The van der Waals surface area contributed by atoms with E-state index < -0.39 is 0 Å². The summed E-state index contributed by atoms with van der Waals surface area (Å²) in [6, 6.07) is 1.21. The SMILES string of the molecule is C#CCC(CC)NC1CCN(CCC)CC1. The number of likely N-dealkylation sites (tertiary alicyclic amines) is 1. The molecule has 1 fully saturated rings. The summed E-state index contributed by atoms with van der Waals surface area (Å²) < 4.78 is 0. The van der Waals surface area contributed by atoms with Crippen molar-refractivity contribution in [3.05, 3.63) is 0 Å². The van der Waals surface area contributed by atoms with E-state index in [2.05, 4.69) is 30.0 Å². The van der Waals surface area contributed by atoms with Crippen molar-refractivity contribution >= 4 is 0 Å². The van der Waals surface area contributed by atoms with Crippen LogP contribution in [0.3, 0.4) is 0 Å². The van der Waals surface area contributed by atoms with Gasteiger partial charge in [-0.05, 0) is 45.3 Å². The minimum absolute atomic E-state index is 0.521. The molecule has 0 aromatic rings. The second kappa shape index (κ2) is 7.70. The quantitative estimate of drug-likeness (QED) is 0.694. The number of hydrogen-bond acceptors (Lipinski definition) is 2. The highest BCUT2D eigenvalue weighted by Gasteiger charge is 2.20. The van der Waals surface area contributed by atoms with Gasteiger partial charge in [-0.1, -0.05) is 13.8 Å². The zero-order valence-electron chi connectivity index (χ0n) is 10.8. The van der Waals surface area contributed by atoms with Gasteiger partial charge in [0.25, 0.3) is 0 Å². The molecule has 0 saturated carbocycles. The summed E-state index contributed by atoms with van der Waals surface area (Å²) in [5.41, 5.74) is 0. The lowest BCUT2D eigenvalue weighted by Crippen LogP contribution is -2.46. The number of terminal acetylenes is 1. The monoisotopic (exact) mass is 222 g/mol. The van der Waals surface area contributed by atoms with E-state index in [1.165, 1.54) is 38.9 Å². The van der Waals surface area contributed by atoms with E-state index >= 15 is 0 Å². The first-order valence-corrected chi connectivity index (χ1v) is 6.72. The van der Waals surface area contributed by atoms with Gasteiger partial charge in [-0.3, -0.25) is 0 Å². The maximum absolute atomic E-state index is 5.37. The molecule has 1 saturated heterocycles. The standard InChI is InChI=1S/C14H26N2/c1-4-7-13(6-3)15-14-8-11-16(10-5-2)12-9-14/h1,13-15H,5-12H2,2-3H3. The van der Waals surface area contributed by atoms with Crippen LogP contribution in [0.25, 0.3) is 0 Å². The predicted octanol–water partition coefficient (Wildman–Crippen LogP) is 2.25. The van der Waals surface area contributed by atoms with E-state index in [4.69, 9.17) is 6.42 Å². The van der Waals surface area contributed by atoms with Crippen LogP contribution in [0.5, 0.6) is 0 Å². The molecular formula is C14H26N2. The first-order chi connectivity index (χ1) is 7.80. The predicted molar refractivity (Wildman–Crippen MR) is 70.4 cm³/mol. The molecule has 1 aliphatic heterocycles. The van der Waals surface area contributed by atoms with Crippen LogP contribution in [0.2, 0.25) is 0 Å². The average Bonchev–Trinajstić information content (AvgIpc) is 2.31. The maximum atomic E-state index is 5.37. The van der Waals surface area contributed by atoms with Gasteiger partial charge < -0.3 is 10.2 Å². The van der Waals surface area contributed by atoms with Crippen molar-refractivity contribution in [1.82, 2.24) is 10.2 Å². The number of nitrogens with zero attached hydrogens (tertiary/aromatic N) is 1. The highest BCUT2D eigenvalue weighted by atomic mass is 15.1. The van der Waals surface area contributed by atoms with Crippen LogP contribution in [-0.4, -0.2) is 36.6 Å². The largest absolute Gasteiger partial charge is 0.310 e. The third kappa shape index (κ3) is 4.55. The summed E-state index contributed by atoms with van der Waals surface area (Å²) in [5.74, 6) is 2.76. The molecule has 1 N–H and O–H groups in total. The van der Waals surface area contributed by atoms with Crippen molar-refractivity contribution in [2.24, 2.45) is 0 Å². The van der Waals surface area contributed by atoms with E-state index in [1.807, 2.05) is 0 Å². The molecule has 0 aromatic heterocycles. The smallest absolute Gasteiger partial charge is 0.0240 e. The summed E-state index contributed by atoms with van der Waals surface area (Å²) in [6.07, 6.45) is 11.2. The van der Waals surface area contributed by atoms with Crippen LogP contribution < -0.4 is 5.32 Å². The lowest BCUT2D eigenvalue weighted by molar-refractivity contribution is 0.190. The lowest BCUT2D eigenvalue weighted by atomic mass is 10.0. The Morgan fingerprint density at radius 3 is 2.56 bits per heavy atom. The zero-order chi connectivity index (χ0) is 11.8. The Labute approximate surface area is 101 Å². The third-order valence-electron chi connectivity index (χ3n) is 3.46. The van der Waals surface area contributed by atoms with Gasteiger partial charge in [-0.15, -0.1) is 12.3 Å². The Balaban J connectivity index is 2.23. The van der Waals surface area contributed by atoms with E-state index in [0.29, 0.717) is 12.1 Å². The third-order valence-corrected chi connectivity index (χ3v) is 3.46. The number of hydrogen-bond donors (Lipinski definition) is 1. The van der Waals surface area contributed by atoms with Crippen molar-refractivity contribution in [1.29, 1.82) is 0 Å². The van der Waals surface area contributed by atoms with Crippen molar-refractivity contribution in [3.8, 4) is 12.3 Å². The zero-order valence-corrected chi connectivity index (χ0v) is 10.8. The number of rotatable bonds is 6. The molecular weight excluding hydrogens is 196 g/mol. The fraction of sp³-hybridized carbons (Fsp3) is 0.857. The second-order valence-electron chi connectivity index (χ2n) is 4.80. The van der Waals surface area contributed by atoms with Crippen molar-refractivity contribution in [2.75, 3.05) is 19.6 Å². The Bertz CT molecular complexity index is 211. The molecule has 0 radical (unpaired) electrons. The molecule has 0 aromatic carbocycles. The van der Waals surface area contributed by atoms with Crippen LogP contribution in [0.15, 0.2) is 0 Å². The van der Waals surface area contributed by atoms with E-state index in [1.54, 1.807) is 0 Å². The van der Waals surface area contributed by atoms with Crippen LogP contribution in [0, 0.1) is 12.3 Å². The molecule has 16 heavy (non-hydrogen) atoms. The van der Waals surface area contributed by atoms with Gasteiger partial charge >= 0.3 is 0 Å². The number of nitrogens with one attached hydrogen (secondary N) is 1. The van der Waals surface area contributed by atoms with E-state index in [-0.39, 0.29) is 0 Å². The Morgan fingerprint density at radius 1 is 1.38 bits per heavy atom. The number of piperidine rings is 1. The molecule has 2 heteroatoms. The first-order valence-electron chi connectivity index (χ1n) is 6.72. The minimum atomic E-state index is 0.521. The maximum Gasteiger partial charge on any atom is 0.0240 e. The molecule has 1 rings (SSSR count). The van der Waals surface area contributed by atoms with Crippen molar-refractivity contribution < 1.29 is 0 Å². The topological polar surface area (TPSA) is 15.3 Å². The van der Waals surface area contributed by atoms with E-state index in [0.717, 1.165) is 12.8 Å². The Kier molecular flexibility index (Phi) is 6.52. The molecule has 0 amide bonds. The molecule has 1 heterocycles. The highest BCUT2D eigenvalue weighted by Crippen LogP contribution is 2.12. The first kappa shape index (κ1) is 13.5. The van der Waals surface area contributed by atoms with Gasteiger partial charge in [0.2, 0.25) is 0 Å². The summed E-state index contributed by atoms with van der Waals surface area (Å²) in [4.78, 5) is 2.57. The molecule has 0 spiro atoms. The van der Waals surface area contributed by atoms with Crippen molar-refractivity contribution in [3.63, 3.8) is 0 Å². The summed E-state index contributed by atoms with van der Waals surface area (Å²) in [7, 11) is 0. The fourth-order valence-corrected chi connectivity index (χ4v) is 2.44. The second-order valence-corrected chi connectivity index (χ2v) is 4.80. The van der Waals surface area contributed by atoms with Gasteiger partial charge in [-0.2, -0.15) is 0 Å². The average molecular weight is 222 g/mol. The summed E-state index contributed by atoms with van der Waals surface area (Å²) in [5, 5.41) is 3.70. The van der Waals surface area contributed by atoms with Gasteiger partial charge in [0.05, 0.1) is 0 Å². The fourth-order valence-electron chi connectivity index (χ4n) is 2.44. The Morgan fingerprint density at radius 2 is 2.06 bits per heavy atom. The van der Waals surface area contributed by atoms with Crippen LogP contribution in [-0.2, 0) is 0 Å². The van der Waals surface area contributed by atoms with Crippen LogP contribution in [0.4, 0.5) is 0 Å².